The van der Waals surface area contributed by atoms with Gasteiger partial charge < -0.3 is 4.42 Å². The van der Waals surface area contributed by atoms with Gasteiger partial charge in [0.2, 0.25) is 0 Å². The smallest absolute Gasteiger partial charge is 0.143 e. The standard InChI is InChI=1S/C50H32N2O/c1-4-14-33(15-5-1)45-46(34-16-6-2-7-17-34)50(53-49(45)37-18-8-3-9-19-37)39-21-12-20-38(32-39)40-28-29-43(42-24-11-10-23-41(40)42)44-30-27-36-26-25-35-22-13-31-51-47(35)48(36)52-44/h1-32H/i13D,22D,25D,26D,27D,30D,31D. The third-order valence-corrected chi connectivity index (χ3v) is 9.64. The van der Waals surface area contributed by atoms with E-state index in [1.54, 1.807) is 0 Å². The largest absolute Gasteiger partial charge is 0.455 e. The van der Waals surface area contributed by atoms with Crippen molar-refractivity contribution in [2.75, 3.05) is 0 Å². The first-order valence-corrected chi connectivity index (χ1v) is 17.3. The van der Waals surface area contributed by atoms with Crippen molar-refractivity contribution < 1.29 is 14.0 Å². The van der Waals surface area contributed by atoms with E-state index in [9.17, 15) is 0 Å². The molecule has 0 saturated carbocycles. The van der Waals surface area contributed by atoms with Crippen LogP contribution in [0, 0.1) is 0 Å². The van der Waals surface area contributed by atoms with Gasteiger partial charge in [-0.2, -0.15) is 0 Å². The zero-order valence-corrected chi connectivity index (χ0v) is 28.2. The molecule has 0 saturated heterocycles. The molecule has 7 aromatic carbocycles. The molecule has 10 rings (SSSR count). The summed E-state index contributed by atoms with van der Waals surface area (Å²) >= 11 is 0. The quantitative estimate of drug-likeness (QED) is 0.164. The number of nitrogens with zero attached hydrogens (tertiary/aromatic N) is 2. The second-order valence-electron chi connectivity index (χ2n) is 12.8. The molecule has 0 spiro atoms. The van der Waals surface area contributed by atoms with Crippen molar-refractivity contribution in [2.24, 2.45) is 0 Å². The van der Waals surface area contributed by atoms with Crippen LogP contribution in [0.25, 0.3) is 99.9 Å². The highest BCUT2D eigenvalue weighted by molar-refractivity contribution is 6.08. The molecule has 53 heavy (non-hydrogen) atoms. The van der Waals surface area contributed by atoms with E-state index in [4.69, 9.17) is 19.0 Å². The van der Waals surface area contributed by atoms with Gasteiger partial charge in [0.15, 0.2) is 0 Å². The molecule has 0 unspecified atom stereocenters. The molecule has 3 aromatic heterocycles. The first-order valence-electron chi connectivity index (χ1n) is 20.8. The van der Waals surface area contributed by atoms with E-state index in [-0.39, 0.29) is 51.7 Å². The predicted octanol–water partition coefficient (Wildman–Crippen LogP) is 13.5. The van der Waals surface area contributed by atoms with Crippen molar-refractivity contribution in [3.63, 3.8) is 0 Å². The molecule has 248 valence electrons. The summed E-state index contributed by atoms with van der Waals surface area (Å²) in [6.07, 6.45) is -0.467. The van der Waals surface area contributed by atoms with Crippen LogP contribution in [0.3, 0.4) is 0 Å². The molecule has 3 heteroatoms. The van der Waals surface area contributed by atoms with Gasteiger partial charge in [-0.15, -0.1) is 0 Å². The molecular weight excluding hydrogens is 645 g/mol. The minimum Gasteiger partial charge on any atom is -0.455 e. The summed E-state index contributed by atoms with van der Waals surface area (Å²) in [5, 5.41) is 1.52. The zero-order chi connectivity index (χ0) is 41.2. The fourth-order valence-corrected chi connectivity index (χ4v) is 7.22. The monoisotopic (exact) mass is 683 g/mol. The molecule has 10 aromatic rings. The van der Waals surface area contributed by atoms with Crippen LogP contribution in [0.4, 0.5) is 0 Å². The van der Waals surface area contributed by atoms with Gasteiger partial charge in [-0.05, 0) is 51.2 Å². The van der Waals surface area contributed by atoms with Gasteiger partial charge in [-0.1, -0.05) is 170 Å². The van der Waals surface area contributed by atoms with Crippen molar-refractivity contribution in [1.82, 2.24) is 9.97 Å². The summed E-state index contributed by atoms with van der Waals surface area (Å²) < 4.78 is 67.4. The molecule has 0 N–H and O–H groups in total. The highest BCUT2D eigenvalue weighted by Crippen LogP contribution is 2.49. The van der Waals surface area contributed by atoms with Crippen LogP contribution in [0.2, 0.25) is 0 Å². The maximum atomic E-state index is 9.13. The third-order valence-electron chi connectivity index (χ3n) is 9.64. The van der Waals surface area contributed by atoms with Crippen LogP contribution in [0.5, 0.6) is 0 Å². The molecule has 0 aliphatic heterocycles. The van der Waals surface area contributed by atoms with Crippen LogP contribution < -0.4 is 0 Å². The van der Waals surface area contributed by atoms with E-state index in [0.717, 1.165) is 66.8 Å². The van der Waals surface area contributed by atoms with Gasteiger partial charge in [0, 0.05) is 44.8 Å². The number of fused-ring (bicyclic) bond motifs is 4. The second kappa shape index (κ2) is 12.9. The number of pyridine rings is 2. The Kier molecular flexibility index (Phi) is 5.88. The van der Waals surface area contributed by atoms with Gasteiger partial charge >= 0.3 is 0 Å². The van der Waals surface area contributed by atoms with E-state index in [1.807, 2.05) is 97.1 Å². The van der Waals surface area contributed by atoms with Gasteiger partial charge in [0.1, 0.15) is 11.5 Å². The Balaban J connectivity index is 1.18. The maximum absolute atomic E-state index is 9.13. The molecule has 0 amide bonds. The van der Waals surface area contributed by atoms with E-state index < -0.39 is 18.3 Å². The fraction of sp³-hybridized carbons (Fsp3) is 0. The molecule has 0 aliphatic rings. The van der Waals surface area contributed by atoms with Gasteiger partial charge in [-0.3, -0.25) is 4.98 Å². The van der Waals surface area contributed by atoms with Crippen molar-refractivity contribution >= 4 is 32.6 Å². The van der Waals surface area contributed by atoms with Gasteiger partial charge in [0.05, 0.1) is 26.3 Å². The predicted molar refractivity (Wildman–Crippen MR) is 219 cm³/mol. The highest BCUT2D eigenvalue weighted by Gasteiger charge is 2.25. The minimum absolute atomic E-state index is 0.0110. The van der Waals surface area contributed by atoms with Crippen molar-refractivity contribution in [3.05, 3.63) is 194 Å². The molecule has 3 heterocycles. The highest BCUT2D eigenvalue weighted by atomic mass is 16.3. The average molecular weight is 684 g/mol. The van der Waals surface area contributed by atoms with Crippen molar-refractivity contribution in [3.8, 4) is 67.3 Å². The third kappa shape index (κ3) is 5.38. The van der Waals surface area contributed by atoms with E-state index >= 15 is 0 Å². The lowest BCUT2D eigenvalue weighted by Gasteiger charge is -2.13. The lowest BCUT2D eigenvalue weighted by molar-refractivity contribution is 0.599. The number of aromatic nitrogens is 2. The molecule has 0 atom stereocenters. The van der Waals surface area contributed by atoms with Crippen LogP contribution in [-0.2, 0) is 0 Å². The van der Waals surface area contributed by atoms with Gasteiger partial charge in [-0.25, -0.2) is 4.98 Å². The van der Waals surface area contributed by atoms with E-state index in [1.165, 1.54) is 0 Å². The molecule has 0 radical (unpaired) electrons. The van der Waals surface area contributed by atoms with Crippen LogP contribution in [0.1, 0.15) is 9.60 Å². The first kappa shape index (κ1) is 24.2. The van der Waals surface area contributed by atoms with Crippen molar-refractivity contribution in [1.29, 1.82) is 0 Å². The summed E-state index contributed by atoms with van der Waals surface area (Å²) in [6.45, 7) is 0. The molecule has 0 aliphatic carbocycles. The summed E-state index contributed by atoms with van der Waals surface area (Å²) in [7, 11) is 0. The van der Waals surface area contributed by atoms with E-state index in [2.05, 4.69) is 59.6 Å². The summed E-state index contributed by atoms with van der Waals surface area (Å²) in [6, 6.07) is 48.5. The number of hydrogen-bond donors (Lipinski definition) is 0. The Bertz CT molecular complexity index is 3340. The molecule has 0 fully saturated rings. The minimum atomic E-state index is -0.467. The molecule has 3 nitrogen and oxygen atoms in total. The number of furan rings is 1. The first-order chi connectivity index (χ1) is 29.2. The fourth-order valence-electron chi connectivity index (χ4n) is 7.22. The average Bonchev–Trinajstić information content (AvgIpc) is 3.70. The SMILES string of the molecule is [2H]c1nc2c(c([2H])c1[2H])c([2H])c([2H])c1c([2H])c([2H])c(-c3ccc(-c4cccc(-c5oc(-c6ccccc6)c(-c6ccccc6)c5-c5ccccc5)c4)c4ccccc34)nc12. The summed E-state index contributed by atoms with van der Waals surface area (Å²) in [4.78, 5) is 9.07. The Morgan fingerprint density at radius 1 is 0.434 bits per heavy atom. The van der Waals surface area contributed by atoms with Crippen molar-refractivity contribution in [2.45, 2.75) is 0 Å². The van der Waals surface area contributed by atoms with Crippen LogP contribution in [-0.4, -0.2) is 9.97 Å². The van der Waals surface area contributed by atoms with Crippen LogP contribution >= 0.6 is 0 Å². The number of benzene rings is 7. The summed E-state index contributed by atoms with van der Waals surface area (Å²) in [5.74, 6) is 1.51. The van der Waals surface area contributed by atoms with E-state index in [0.29, 0.717) is 5.56 Å². The number of hydrogen-bond acceptors (Lipinski definition) is 3. The van der Waals surface area contributed by atoms with Gasteiger partial charge in [0.25, 0.3) is 0 Å². The second-order valence-corrected chi connectivity index (χ2v) is 12.8. The molecule has 0 bridgehead atoms. The Hall–Kier alpha value is -7.10. The normalized spacial score (nSPS) is 13.2. The Labute approximate surface area is 317 Å². The topological polar surface area (TPSA) is 38.9 Å². The van der Waals surface area contributed by atoms with Crippen LogP contribution in [0.15, 0.2) is 199 Å². The zero-order valence-electron chi connectivity index (χ0n) is 35.2. The Morgan fingerprint density at radius 2 is 0.962 bits per heavy atom. The molecular formula is C50H32N2O. The Morgan fingerprint density at radius 3 is 1.66 bits per heavy atom. The summed E-state index contributed by atoms with van der Waals surface area (Å²) in [5.41, 5.74) is 8.54. The number of rotatable bonds is 6. The lowest BCUT2D eigenvalue weighted by atomic mass is 9.90. The maximum Gasteiger partial charge on any atom is 0.143 e. The lowest BCUT2D eigenvalue weighted by Crippen LogP contribution is -1.91.